The van der Waals surface area contributed by atoms with E-state index in [1.165, 1.54) is 34.7 Å². The highest BCUT2D eigenvalue weighted by Gasteiger charge is 2.36. The minimum atomic E-state index is -0.579. The van der Waals surface area contributed by atoms with E-state index >= 15 is 0 Å². The predicted octanol–water partition coefficient (Wildman–Crippen LogP) is 4.24. The molecule has 3 rings (SSSR count). The number of carbonyl (C=O) groups is 2. The molecule has 152 valence electrons. The predicted molar refractivity (Wildman–Crippen MR) is 109 cm³/mol. The van der Waals surface area contributed by atoms with Crippen molar-refractivity contribution in [2.24, 2.45) is 5.92 Å². The van der Waals surface area contributed by atoms with Crippen LogP contribution in [0.3, 0.4) is 0 Å². The third-order valence-electron chi connectivity index (χ3n) is 5.57. The van der Waals surface area contributed by atoms with Crippen LogP contribution in [0, 0.1) is 16.0 Å². The van der Waals surface area contributed by atoms with Gasteiger partial charge in [-0.3, -0.25) is 19.7 Å². The van der Waals surface area contributed by atoms with Gasteiger partial charge in [-0.05, 0) is 41.7 Å². The van der Waals surface area contributed by atoms with E-state index in [0.29, 0.717) is 11.4 Å². The summed E-state index contributed by atoms with van der Waals surface area (Å²) in [5.41, 5.74) is 1.69. The Labute approximate surface area is 169 Å². The second-order valence-electron chi connectivity index (χ2n) is 7.86. The van der Waals surface area contributed by atoms with Crippen molar-refractivity contribution < 1.29 is 19.2 Å². The number of esters is 1. The molecule has 1 aliphatic rings. The molecule has 7 nitrogen and oxygen atoms in total. The van der Waals surface area contributed by atoms with Crippen molar-refractivity contribution in [3.8, 4) is 5.75 Å². The van der Waals surface area contributed by atoms with Gasteiger partial charge in [0.1, 0.15) is 5.75 Å². The maximum atomic E-state index is 12.5. The lowest BCUT2D eigenvalue weighted by atomic mass is 9.82. The largest absolute Gasteiger partial charge is 0.426 e. The second kappa shape index (κ2) is 8.03. The van der Waals surface area contributed by atoms with Gasteiger partial charge in [-0.15, -0.1) is 0 Å². The number of anilines is 1. The SMILES string of the molecule is CCC(C)(C)c1ccc(OC(=O)[C@H]2CC(=O)N(c3ccc([N+](=O)[O-])cc3)C2)cc1. The molecular formula is C22H24N2O5. The quantitative estimate of drug-likeness (QED) is 0.315. The highest BCUT2D eigenvalue weighted by atomic mass is 16.6. The average Bonchev–Trinajstić information content (AvgIpc) is 3.10. The first-order valence-corrected chi connectivity index (χ1v) is 9.58. The fourth-order valence-electron chi connectivity index (χ4n) is 3.25. The van der Waals surface area contributed by atoms with Crippen molar-refractivity contribution in [2.75, 3.05) is 11.4 Å². The van der Waals surface area contributed by atoms with Gasteiger partial charge in [0, 0.05) is 30.8 Å². The van der Waals surface area contributed by atoms with Crippen molar-refractivity contribution in [1.82, 2.24) is 0 Å². The van der Waals surface area contributed by atoms with Crippen LogP contribution in [0.25, 0.3) is 0 Å². The van der Waals surface area contributed by atoms with Crippen molar-refractivity contribution in [3.63, 3.8) is 0 Å². The van der Waals surface area contributed by atoms with E-state index in [-0.39, 0.29) is 30.0 Å². The number of carbonyl (C=O) groups excluding carboxylic acids is 2. The molecule has 1 atom stereocenters. The van der Waals surface area contributed by atoms with Crippen LogP contribution in [0.4, 0.5) is 11.4 Å². The molecule has 0 unspecified atom stereocenters. The number of benzene rings is 2. The van der Waals surface area contributed by atoms with Gasteiger partial charge in [-0.2, -0.15) is 0 Å². The molecule has 0 bridgehead atoms. The number of non-ortho nitro benzene ring substituents is 1. The molecule has 1 amide bonds. The van der Waals surface area contributed by atoms with Crippen molar-refractivity contribution in [1.29, 1.82) is 0 Å². The van der Waals surface area contributed by atoms with Crippen LogP contribution in [0.1, 0.15) is 39.2 Å². The Morgan fingerprint density at radius 2 is 1.79 bits per heavy atom. The smallest absolute Gasteiger partial charge is 0.316 e. The van der Waals surface area contributed by atoms with Crippen LogP contribution in [0.2, 0.25) is 0 Å². The lowest BCUT2D eigenvalue weighted by Gasteiger charge is -2.23. The average molecular weight is 396 g/mol. The normalized spacial score (nSPS) is 16.7. The van der Waals surface area contributed by atoms with Crippen LogP contribution >= 0.6 is 0 Å². The molecule has 0 spiro atoms. The maximum absolute atomic E-state index is 12.5. The number of rotatable bonds is 6. The summed E-state index contributed by atoms with van der Waals surface area (Å²) in [5.74, 6) is -0.789. The van der Waals surface area contributed by atoms with Gasteiger partial charge in [-0.25, -0.2) is 0 Å². The van der Waals surface area contributed by atoms with E-state index in [4.69, 9.17) is 4.74 Å². The summed E-state index contributed by atoms with van der Waals surface area (Å²) in [5, 5.41) is 10.8. The summed E-state index contributed by atoms with van der Waals surface area (Å²) in [6.07, 6.45) is 1.05. The van der Waals surface area contributed by atoms with Crippen molar-refractivity contribution in [3.05, 3.63) is 64.2 Å². The third kappa shape index (κ3) is 4.45. The van der Waals surface area contributed by atoms with E-state index in [0.717, 1.165) is 6.42 Å². The monoisotopic (exact) mass is 396 g/mol. The van der Waals surface area contributed by atoms with Gasteiger partial charge in [0.15, 0.2) is 0 Å². The standard InChI is InChI=1S/C22H24N2O5/c1-4-22(2,3)16-5-11-19(12-6-16)29-21(26)15-13-20(25)23(14-15)17-7-9-18(10-8-17)24(27)28/h5-12,15H,4,13-14H2,1-3H3/t15-/m0/s1. The minimum Gasteiger partial charge on any atom is -0.426 e. The summed E-state index contributed by atoms with van der Waals surface area (Å²) in [7, 11) is 0. The molecule has 7 heteroatoms. The molecule has 0 aromatic heterocycles. The summed E-state index contributed by atoms with van der Waals surface area (Å²) >= 11 is 0. The zero-order valence-electron chi connectivity index (χ0n) is 16.8. The van der Waals surface area contributed by atoms with Gasteiger partial charge in [-0.1, -0.05) is 32.9 Å². The molecule has 0 N–H and O–H groups in total. The number of hydrogen-bond acceptors (Lipinski definition) is 5. The van der Waals surface area contributed by atoms with Crippen molar-refractivity contribution in [2.45, 2.75) is 39.0 Å². The summed E-state index contributed by atoms with van der Waals surface area (Å²) in [6, 6.07) is 13.2. The zero-order chi connectivity index (χ0) is 21.2. The highest BCUT2D eigenvalue weighted by molar-refractivity contribution is 5.99. The van der Waals surface area contributed by atoms with Gasteiger partial charge in [0.25, 0.3) is 5.69 Å². The molecule has 1 aliphatic heterocycles. The van der Waals surface area contributed by atoms with Gasteiger partial charge >= 0.3 is 5.97 Å². The molecule has 29 heavy (non-hydrogen) atoms. The molecular weight excluding hydrogens is 372 g/mol. The molecule has 1 fully saturated rings. The Balaban J connectivity index is 1.65. The number of hydrogen-bond donors (Lipinski definition) is 0. The zero-order valence-corrected chi connectivity index (χ0v) is 16.8. The summed E-state index contributed by atoms with van der Waals surface area (Å²) in [6.45, 7) is 6.63. The van der Waals surface area contributed by atoms with E-state index < -0.39 is 16.8 Å². The number of amides is 1. The number of nitro groups is 1. The fourth-order valence-corrected chi connectivity index (χ4v) is 3.25. The van der Waals surface area contributed by atoms with Crippen LogP contribution in [0.5, 0.6) is 5.75 Å². The van der Waals surface area contributed by atoms with E-state index in [1.54, 1.807) is 12.1 Å². The summed E-state index contributed by atoms with van der Waals surface area (Å²) in [4.78, 5) is 36.6. The van der Waals surface area contributed by atoms with Crippen LogP contribution in [0.15, 0.2) is 48.5 Å². The highest BCUT2D eigenvalue weighted by Crippen LogP contribution is 2.30. The Kier molecular flexibility index (Phi) is 5.68. The molecule has 1 saturated heterocycles. The Morgan fingerprint density at radius 1 is 1.17 bits per heavy atom. The Bertz CT molecular complexity index is 919. The molecule has 1 heterocycles. The molecule has 0 aliphatic carbocycles. The maximum Gasteiger partial charge on any atom is 0.316 e. The topological polar surface area (TPSA) is 89.8 Å². The molecule has 2 aromatic carbocycles. The summed E-state index contributed by atoms with van der Waals surface area (Å²) < 4.78 is 5.48. The molecule has 0 saturated carbocycles. The fraction of sp³-hybridized carbons (Fsp3) is 0.364. The first kappa shape index (κ1) is 20.5. The first-order chi connectivity index (χ1) is 13.7. The van der Waals surface area contributed by atoms with Crippen LogP contribution in [-0.2, 0) is 15.0 Å². The minimum absolute atomic E-state index is 0.0473. The first-order valence-electron chi connectivity index (χ1n) is 9.58. The Morgan fingerprint density at radius 3 is 2.34 bits per heavy atom. The lowest BCUT2D eigenvalue weighted by Crippen LogP contribution is -2.27. The van der Waals surface area contributed by atoms with E-state index in [2.05, 4.69) is 20.8 Å². The van der Waals surface area contributed by atoms with Gasteiger partial charge in [0.2, 0.25) is 5.91 Å². The number of ether oxygens (including phenoxy) is 1. The number of nitro benzene ring substituents is 1. The Hall–Kier alpha value is -3.22. The van der Waals surface area contributed by atoms with Crippen LogP contribution in [-0.4, -0.2) is 23.3 Å². The molecule has 0 radical (unpaired) electrons. The lowest BCUT2D eigenvalue weighted by molar-refractivity contribution is -0.384. The van der Waals surface area contributed by atoms with Crippen molar-refractivity contribution >= 4 is 23.3 Å². The number of nitrogens with zero attached hydrogens (tertiary/aromatic N) is 2. The van der Waals surface area contributed by atoms with Gasteiger partial charge < -0.3 is 9.64 Å². The second-order valence-corrected chi connectivity index (χ2v) is 7.86. The van der Waals surface area contributed by atoms with E-state index in [1.807, 2.05) is 12.1 Å². The van der Waals surface area contributed by atoms with Gasteiger partial charge in [0.05, 0.1) is 10.8 Å². The van der Waals surface area contributed by atoms with E-state index in [9.17, 15) is 19.7 Å². The third-order valence-corrected chi connectivity index (χ3v) is 5.57. The van der Waals surface area contributed by atoms with Crippen LogP contribution < -0.4 is 9.64 Å². The molecule has 2 aromatic rings.